The normalized spacial score (nSPS) is 16.1. The lowest BCUT2D eigenvalue weighted by Gasteiger charge is -2.42. The Labute approximate surface area is 232 Å². The molecule has 1 aliphatic rings. The third kappa shape index (κ3) is 4.79. The third-order valence-electron chi connectivity index (χ3n) is 6.49. The van der Waals surface area contributed by atoms with Crippen molar-refractivity contribution in [1.82, 2.24) is 14.9 Å². The maximum Gasteiger partial charge on any atom is 0.410 e. The third-order valence-corrected chi connectivity index (χ3v) is 7.68. The van der Waals surface area contributed by atoms with Crippen molar-refractivity contribution in [2.24, 2.45) is 0 Å². The molecule has 39 heavy (non-hydrogen) atoms. The smallest absolute Gasteiger partial charge is 0.410 e. The number of ether oxygens (including phenoxy) is 1. The molecule has 0 unspecified atom stereocenters. The summed E-state index contributed by atoms with van der Waals surface area (Å²) in [6.07, 6.45) is 0.910. The van der Waals surface area contributed by atoms with E-state index >= 15 is 4.39 Å². The number of aromatic nitrogens is 2. The van der Waals surface area contributed by atoms with Crippen LogP contribution in [0.2, 0.25) is 5.02 Å². The first-order valence-electron chi connectivity index (χ1n) is 12.2. The summed E-state index contributed by atoms with van der Waals surface area (Å²) in [5.41, 5.74) is 6.43. The van der Waals surface area contributed by atoms with Crippen molar-refractivity contribution in [2.45, 2.75) is 39.3 Å². The number of anilines is 2. The number of nitrogens with two attached hydrogens (primary N) is 1. The number of carbonyl (C=O) groups is 1. The van der Waals surface area contributed by atoms with Crippen LogP contribution in [0.25, 0.3) is 32.2 Å². The number of nitrogen functional groups attached to an aromatic ring is 1. The molecule has 0 aliphatic carbocycles. The zero-order chi connectivity index (χ0) is 28.2. The molecule has 5 rings (SSSR count). The minimum Gasteiger partial charge on any atom is -0.444 e. The van der Waals surface area contributed by atoms with Crippen LogP contribution >= 0.6 is 22.9 Å². The molecule has 12 heteroatoms. The van der Waals surface area contributed by atoms with Gasteiger partial charge < -0.3 is 20.3 Å². The van der Waals surface area contributed by atoms with Gasteiger partial charge in [0.15, 0.2) is 10.9 Å². The quantitative estimate of drug-likeness (QED) is 0.299. The number of nitriles is 1. The van der Waals surface area contributed by atoms with Gasteiger partial charge in [-0.05, 0) is 45.9 Å². The highest BCUT2D eigenvalue weighted by molar-refractivity contribution is 7.22. The second-order valence-electron chi connectivity index (χ2n) is 10.4. The molecule has 3 heterocycles. The van der Waals surface area contributed by atoms with Crippen LogP contribution in [0.4, 0.5) is 24.4 Å². The number of rotatable bonds is 2. The van der Waals surface area contributed by atoms with E-state index in [9.17, 15) is 14.4 Å². The van der Waals surface area contributed by atoms with Gasteiger partial charge in [-0.15, -0.1) is 0 Å². The van der Waals surface area contributed by atoms with Crippen LogP contribution in [-0.2, 0) is 4.74 Å². The average Bonchev–Trinajstić information content (AvgIpc) is 3.26. The van der Waals surface area contributed by atoms with E-state index < -0.39 is 23.3 Å². The maximum absolute atomic E-state index is 16.2. The van der Waals surface area contributed by atoms with Crippen LogP contribution < -0.4 is 10.6 Å². The number of halogens is 3. The van der Waals surface area contributed by atoms with Crippen LogP contribution in [0, 0.1) is 23.0 Å². The molecule has 2 aromatic heterocycles. The van der Waals surface area contributed by atoms with E-state index in [-0.39, 0.29) is 48.6 Å². The number of hydrogen-bond donors (Lipinski definition) is 1. The van der Waals surface area contributed by atoms with Gasteiger partial charge in [0.25, 0.3) is 0 Å². The van der Waals surface area contributed by atoms with Gasteiger partial charge in [-0.1, -0.05) is 22.9 Å². The standard InChI is InChI=1S/C27H25ClF2N6O2S/c1-13-12-35(26(37)38-27(2,3)4)7-8-36(13)23-14(10-31)11-33-21-16(23)9-17(28)19(20(21)30)15-5-6-18(29)24-22(15)34-25(32)39-24/h5-6,9,11,13H,7-8,12H2,1-4H3,(H2,32,34)/t13-/m0/s1. The molecule has 202 valence electrons. The Morgan fingerprint density at radius 3 is 2.69 bits per heavy atom. The molecule has 1 atom stereocenters. The van der Waals surface area contributed by atoms with E-state index in [1.165, 1.54) is 18.3 Å². The summed E-state index contributed by atoms with van der Waals surface area (Å²) in [6.45, 7) is 8.40. The molecule has 1 saturated heterocycles. The van der Waals surface area contributed by atoms with E-state index in [2.05, 4.69) is 16.0 Å². The summed E-state index contributed by atoms with van der Waals surface area (Å²) in [5, 5.41) is 10.5. The summed E-state index contributed by atoms with van der Waals surface area (Å²) in [4.78, 5) is 24.7. The predicted molar refractivity (Wildman–Crippen MR) is 149 cm³/mol. The highest BCUT2D eigenvalue weighted by Gasteiger charge is 2.33. The molecule has 1 amide bonds. The average molecular weight is 571 g/mol. The Bertz CT molecular complexity index is 1680. The van der Waals surface area contributed by atoms with Crippen LogP contribution in [0.1, 0.15) is 33.3 Å². The number of nitrogens with zero attached hydrogens (tertiary/aromatic N) is 5. The first kappa shape index (κ1) is 26.8. The lowest BCUT2D eigenvalue weighted by atomic mass is 9.98. The van der Waals surface area contributed by atoms with E-state index in [0.29, 0.717) is 30.7 Å². The van der Waals surface area contributed by atoms with Gasteiger partial charge in [-0.3, -0.25) is 4.98 Å². The number of amides is 1. The Kier molecular flexibility index (Phi) is 6.73. The molecule has 1 fully saturated rings. The minimum atomic E-state index is -0.720. The van der Waals surface area contributed by atoms with Crippen LogP contribution in [0.15, 0.2) is 24.4 Å². The second kappa shape index (κ2) is 9.77. The molecular formula is C27H25ClF2N6O2S. The number of benzene rings is 2. The number of thiazole rings is 1. The topological polar surface area (TPSA) is 108 Å². The van der Waals surface area contributed by atoms with Gasteiger partial charge in [-0.2, -0.15) is 5.26 Å². The predicted octanol–water partition coefficient (Wildman–Crippen LogP) is 6.34. The number of piperazine rings is 1. The van der Waals surface area contributed by atoms with Gasteiger partial charge in [-0.25, -0.2) is 18.6 Å². The highest BCUT2D eigenvalue weighted by atomic mass is 35.5. The molecule has 0 bridgehead atoms. The van der Waals surface area contributed by atoms with Crippen molar-refractivity contribution >= 4 is 61.0 Å². The Balaban J connectivity index is 1.61. The van der Waals surface area contributed by atoms with Crippen molar-refractivity contribution in [1.29, 1.82) is 5.26 Å². The summed E-state index contributed by atoms with van der Waals surface area (Å²) in [6, 6.07) is 6.13. The molecule has 4 aromatic rings. The molecule has 2 N–H and O–H groups in total. The van der Waals surface area contributed by atoms with Crippen molar-refractivity contribution in [3.63, 3.8) is 0 Å². The van der Waals surface area contributed by atoms with Crippen LogP contribution in [0.3, 0.4) is 0 Å². The first-order chi connectivity index (χ1) is 18.4. The lowest BCUT2D eigenvalue weighted by Crippen LogP contribution is -2.54. The zero-order valence-electron chi connectivity index (χ0n) is 21.7. The molecule has 0 spiro atoms. The fourth-order valence-electron chi connectivity index (χ4n) is 4.86. The molecule has 0 radical (unpaired) electrons. The number of hydrogen-bond acceptors (Lipinski definition) is 8. The minimum absolute atomic E-state index is 0.00542. The van der Waals surface area contributed by atoms with Crippen LogP contribution in [-0.4, -0.2) is 52.2 Å². The van der Waals surface area contributed by atoms with Gasteiger partial charge in [0.2, 0.25) is 0 Å². The number of carbonyl (C=O) groups excluding carboxylic acids is 1. The van der Waals surface area contributed by atoms with Crippen molar-refractivity contribution in [3.05, 3.63) is 46.6 Å². The summed E-state index contributed by atoms with van der Waals surface area (Å²) in [5.74, 6) is -1.23. The number of fused-ring (bicyclic) bond motifs is 2. The Morgan fingerprint density at radius 1 is 1.28 bits per heavy atom. The molecule has 1 aliphatic heterocycles. The summed E-state index contributed by atoms with van der Waals surface area (Å²) in [7, 11) is 0. The van der Waals surface area contributed by atoms with Gasteiger partial charge in [0, 0.05) is 48.4 Å². The molecular weight excluding hydrogens is 546 g/mol. The van der Waals surface area contributed by atoms with E-state index in [4.69, 9.17) is 22.1 Å². The lowest BCUT2D eigenvalue weighted by molar-refractivity contribution is 0.0219. The zero-order valence-corrected chi connectivity index (χ0v) is 23.3. The van der Waals surface area contributed by atoms with Crippen molar-refractivity contribution < 1.29 is 18.3 Å². The fourth-order valence-corrected chi connectivity index (χ4v) is 5.92. The van der Waals surface area contributed by atoms with E-state index in [0.717, 1.165) is 11.3 Å². The van der Waals surface area contributed by atoms with Crippen molar-refractivity contribution in [2.75, 3.05) is 30.3 Å². The van der Waals surface area contributed by atoms with Gasteiger partial charge in [0.05, 0.1) is 26.5 Å². The van der Waals surface area contributed by atoms with E-state index in [1.807, 2.05) is 11.8 Å². The molecule has 0 saturated carbocycles. The van der Waals surface area contributed by atoms with Crippen molar-refractivity contribution in [3.8, 4) is 17.2 Å². The maximum atomic E-state index is 16.2. The SMILES string of the molecule is C[C@H]1CN(C(=O)OC(C)(C)C)CCN1c1c(C#N)cnc2c(F)c(-c3ccc(F)c4sc(N)nc34)c(Cl)cc12. The second-order valence-corrected chi connectivity index (χ2v) is 11.8. The summed E-state index contributed by atoms with van der Waals surface area (Å²) < 4.78 is 36.3. The Hall–Kier alpha value is -3.75. The van der Waals surface area contributed by atoms with Crippen LogP contribution in [0.5, 0.6) is 0 Å². The molecule has 8 nitrogen and oxygen atoms in total. The van der Waals surface area contributed by atoms with Gasteiger partial charge in [0.1, 0.15) is 23.0 Å². The van der Waals surface area contributed by atoms with E-state index in [1.54, 1.807) is 31.7 Å². The van der Waals surface area contributed by atoms with Gasteiger partial charge >= 0.3 is 6.09 Å². The fraction of sp³-hybridized carbons (Fsp3) is 0.333. The Morgan fingerprint density at radius 2 is 2.03 bits per heavy atom. The molecule has 2 aromatic carbocycles. The number of pyridine rings is 1. The highest BCUT2D eigenvalue weighted by Crippen LogP contribution is 2.43. The first-order valence-corrected chi connectivity index (χ1v) is 13.4. The summed E-state index contributed by atoms with van der Waals surface area (Å²) >= 11 is 7.64. The monoisotopic (exact) mass is 570 g/mol. The largest absolute Gasteiger partial charge is 0.444 e.